The monoisotopic (exact) mass is 219 g/mol. The molecule has 0 aliphatic carbocycles. The molecule has 0 saturated heterocycles. The topological polar surface area (TPSA) is 23.9 Å². The smallest absolute Gasteiger partial charge is 0.0662 e. The van der Waals surface area contributed by atoms with Gasteiger partial charge in [0.05, 0.1) is 4.21 Å². The first-order valence-electron chi connectivity index (χ1n) is 4.20. The molecule has 1 nitrogen and oxygen atoms in total. The van der Waals surface area contributed by atoms with E-state index in [-0.39, 0.29) is 0 Å². The molecule has 0 radical (unpaired) electrons. The summed E-state index contributed by atoms with van der Waals surface area (Å²) in [6, 6.07) is 12.1. The van der Waals surface area contributed by atoms with E-state index in [9.17, 15) is 0 Å². The SMILES string of the molecule is N=Cc1cc(-c2ccccc2)sc1S. The average molecular weight is 219 g/mol. The third-order valence-corrected chi connectivity index (χ3v) is 3.49. The predicted molar refractivity (Wildman–Crippen MR) is 64.9 cm³/mol. The molecule has 0 bridgehead atoms. The van der Waals surface area contributed by atoms with Gasteiger partial charge in [-0.1, -0.05) is 30.3 Å². The summed E-state index contributed by atoms with van der Waals surface area (Å²) in [6.45, 7) is 0. The minimum atomic E-state index is 0.886. The number of hydrogen-bond acceptors (Lipinski definition) is 3. The molecule has 0 unspecified atom stereocenters. The highest BCUT2D eigenvalue weighted by atomic mass is 32.2. The lowest BCUT2D eigenvalue weighted by Crippen LogP contribution is -1.72. The number of thiophene rings is 1. The van der Waals surface area contributed by atoms with E-state index >= 15 is 0 Å². The molecule has 0 atom stereocenters. The Labute approximate surface area is 92.3 Å². The molecular formula is C11H9NS2. The van der Waals surface area contributed by atoms with Crippen LogP contribution < -0.4 is 0 Å². The zero-order valence-corrected chi connectivity index (χ0v) is 9.11. The van der Waals surface area contributed by atoms with Crippen LogP contribution in [0.1, 0.15) is 5.56 Å². The lowest BCUT2D eigenvalue weighted by atomic mass is 10.2. The molecule has 0 aliphatic rings. The Morgan fingerprint density at radius 2 is 1.93 bits per heavy atom. The molecule has 3 heteroatoms. The van der Waals surface area contributed by atoms with Gasteiger partial charge < -0.3 is 5.41 Å². The fourth-order valence-corrected chi connectivity index (χ4v) is 2.55. The normalized spacial score (nSPS) is 10.1. The second-order valence-electron chi connectivity index (χ2n) is 2.88. The molecule has 1 N–H and O–H groups in total. The van der Waals surface area contributed by atoms with Crippen LogP contribution in [0.4, 0.5) is 0 Å². The third kappa shape index (κ3) is 1.74. The molecule has 0 amide bonds. The van der Waals surface area contributed by atoms with E-state index in [4.69, 9.17) is 5.41 Å². The predicted octanol–water partition coefficient (Wildman–Crippen LogP) is 3.70. The highest BCUT2D eigenvalue weighted by molar-refractivity contribution is 7.83. The van der Waals surface area contributed by atoms with Crippen LogP contribution in [0.25, 0.3) is 10.4 Å². The lowest BCUT2D eigenvalue weighted by Gasteiger charge is -1.93. The molecule has 2 aromatic rings. The maximum Gasteiger partial charge on any atom is 0.0662 e. The van der Waals surface area contributed by atoms with Gasteiger partial charge in [-0.25, -0.2) is 0 Å². The molecule has 14 heavy (non-hydrogen) atoms. The number of rotatable bonds is 2. The molecular weight excluding hydrogens is 210 g/mol. The van der Waals surface area contributed by atoms with Gasteiger partial charge >= 0.3 is 0 Å². The van der Waals surface area contributed by atoms with Gasteiger partial charge in [0.15, 0.2) is 0 Å². The number of hydrogen-bond donors (Lipinski definition) is 2. The largest absolute Gasteiger partial charge is 0.308 e. The first-order valence-corrected chi connectivity index (χ1v) is 5.46. The summed E-state index contributed by atoms with van der Waals surface area (Å²) >= 11 is 5.92. The Morgan fingerprint density at radius 1 is 1.21 bits per heavy atom. The van der Waals surface area contributed by atoms with Crippen LogP contribution in [-0.4, -0.2) is 6.21 Å². The molecule has 2 rings (SSSR count). The molecule has 1 aromatic heterocycles. The second-order valence-corrected chi connectivity index (χ2v) is 4.68. The van der Waals surface area contributed by atoms with Crippen molar-refractivity contribution in [3.05, 3.63) is 42.0 Å². The van der Waals surface area contributed by atoms with Gasteiger partial charge in [0, 0.05) is 16.7 Å². The summed E-state index contributed by atoms with van der Waals surface area (Å²) in [5, 5.41) is 7.19. The van der Waals surface area contributed by atoms with Crippen LogP contribution in [0.3, 0.4) is 0 Å². The highest BCUT2D eigenvalue weighted by Gasteiger charge is 2.04. The summed E-state index contributed by atoms with van der Waals surface area (Å²) in [6.07, 6.45) is 1.34. The lowest BCUT2D eigenvalue weighted by molar-refractivity contribution is 1.53. The van der Waals surface area contributed by atoms with Crippen molar-refractivity contribution in [2.45, 2.75) is 4.21 Å². The van der Waals surface area contributed by atoms with Gasteiger partial charge in [0.1, 0.15) is 0 Å². The fourth-order valence-electron chi connectivity index (χ4n) is 1.24. The van der Waals surface area contributed by atoms with Crippen molar-refractivity contribution in [2.75, 3.05) is 0 Å². The molecule has 70 valence electrons. The summed E-state index contributed by atoms with van der Waals surface area (Å²) < 4.78 is 0.902. The molecule has 0 fully saturated rings. The van der Waals surface area contributed by atoms with Crippen molar-refractivity contribution in [1.29, 1.82) is 5.41 Å². The standard InChI is InChI=1S/C11H9NS2/c12-7-9-6-10(14-11(9)13)8-4-2-1-3-5-8/h1-7,12-13H. The zero-order chi connectivity index (χ0) is 9.97. The van der Waals surface area contributed by atoms with Gasteiger partial charge in [0.25, 0.3) is 0 Å². The molecule has 0 aliphatic heterocycles. The minimum absolute atomic E-state index is 0.886. The second kappa shape index (κ2) is 3.98. The Hall–Kier alpha value is -1.06. The Bertz CT molecular complexity index is 446. The highest BCUT2D eigenvalue weighted by Crippen LogP contribution is 2.32. The van der Waals surface area contributed by atoms with Crippen LogP contribution in [0.15, 0.2) is 40.6 Å². The van der Waals surface area contributed by atoms with Gasteiger partial charge in [-0.15, -0.1) is 24.0 Å². The maximum atomic E-state index is 7.19. The van der Waals surface area contributed by atoms with Crippen molar-refractivity contribution in [2.24, 2.45) is 0 Å². The quantitative estimate of drug-likeness (QED) is 0.568. The summed E-state index contributed by atoms with van der Waals surface area (Å²) in [7, 11) is 0. The van der Waals surface area contributed by atoms with E-state index in [0.717, 1.165) is 14.6 Å². The van der Waals surface area contributed by atoms with E-state index in [2.05, 4.69) is 24.8 Å². The molecule has 0 spiro atoms. The van der Waals surface area contributed by atoms with E-state index < -0.39 is 0 Å². The summed E-state index contributed by atoms with van der Waals surface area (Å²) in [5.41, 5.74) is 2.07. The first kappa shape index (κ1) is 9.49. The molecule has 1 heterocycles. The molecule has 1 aromatic carbocycles. The average Bonchev–Trinajstić information content (AvgIpc) is 2.61. The van der Waals surface area contributed by atoms with E-state index in [0.29, 0.717) is 0 Å². The first-order chi connectivity index (χ1) is 6.81. The number of thiol groups is 1. The Morgan fingerprint density at radius 3 is 2.50 bits per heavy atom. The van der Waals surface area contributed by atoms with E-state index in [1.807, 2.05) is 24.3 Å². The van der Waals surface area contributed by atoms with Crippen LogP contribution in [0.2, 0.25) is 0 Å². The molecule has 0 saturated carbocycles. The Kier molecular flexibility index (Phi) is 2.70. The van der Waals surface area contributed by atoms with Crippen LogP contribution in [0, 0.1) is 5.41 Å². The summed E-state index contributed by atoms with van der Waals surface area (Å²) in [4.78, 5) is 1.16. The minimum Gasteiger partial charge on any atom is -0.308 e. The van der Waals surface area contributed by atoms with Crippen molar-refractivity contribution < 1.29 is 0 Å². The summed E-state index contributed by atoms with van der Waals surface area (Å²) in [5.74, 6) is 0. The zero-order valence-electron chi connectivity index (χ0n) is 7.40. The van der Waals surface area contributed by atoms with Crippen molar-refractivity contribution >= 4 is 30.2 Å². The van der Waals surface area contributed by atoms with Gasteiger partial charge in [0.2, 0.25) is 0 Å². The van der Waals surface area contributed by atoms with E-state index in [1.165, 1.54) is 11.8 Å². The van der Waals surface area contributed by atoms with Crippen molar-refractivity contribution in [3.8, 4) is 10.4 Å². The fraction of sp³-hybridized carbons (Fsp3) is 0. The number of benzene rings is 1. The van der Waals surface area contributed by atoms with Gasteiger partial charge in [-0.05, 0) is 11.6 Å². The van der Waals surface area contributed by atoms with Crippen LogP contribution >= 0.6 is 24.0 Å². The Balaban J connectivity index is 2.48. The van der Waals surface area contributed by atoms with Gasteiger partial charge in [-0.2, -0.15) is 0 Å². The van der Waals surface area contributed by atoms with Crippen LogP contribution in [-0.2, 0) is 0 Å². The van der Waals surface area contributed by atoms with Crippen molar-refractivity contribution in [1.82, 2.24) is 0 Å². The number of nitrogens with one attached hydrogen (secondary N) is 1. The van der Waals surface area contributed by atoms with Crippen molar-refractivity contribution in [3.63, 3.8) is 0 Å². The van der Waals surface area contributed by atoms with Gasteiger partial charge in [-0.3, -0.25) is 0 Å². The van der Waals surface area contributed by atoms with E-state index in [1.54, 1.807) is 11.3 Å². The maximum absolute atomic E-state index is 7.19. The van der Waals surface area contributed by atoms with Crippen LogP contribution in [0.5, 0.6) is 0 Å². The third-order valence-electron chi connectivity index (χ3n) is 1.95.